The Kier molecular flexibility index (Phi) is 11.7. The van der Waals surface area contributed by atoms with E-state index in [1.165, 1.54) is 30.6 Å². The van der Waals surface area contributed by atoms with Crippen LogP contribution in [0.5, 0.6) is 11.5 Å². The summed E-state index contributed by atoms with van der Waals surface area (Å²) in [5.41, 5.74) is 0.764. The van der Waals surface area contributed by atoms with Crippen molar-refractivity contribution in [2.24, 2.45) is 0 Å². The summed E-state index contributed by atoms with van der Waals surface area (Å²) in [5, 5.41) is 9.60. The molecule has 0 aromatic heterocycles. The molecule has 33 heavy (non-hydrogen) atoms. The van der Waals surface area contributed by atoms with Crippen molar-refractivity contribution in [1.29, 1.82) is 0 Å². The van der Waals surface area contributed by atoms with E-state index in [2.05, 4.69) is 6.92 Å². The smallest absolute Gasteiger partial charge is 0.326 e. The van der Waals surface area contributed by atoms with Gasteiger partial charge in [-0.25, -0.2) is 4.79 Å². The molecule has 0 spiro atoms. The second-order valence-corrected chi connectivity index (χ2v) is 9.75. The molecule has 6 nitrogen and oxygen atoms in total. The van der Waals surface area contributed by atoms with Crippen molar-refractivity contribution >= 4 is 46.3 Å². The van der Waals surface area contributed by atoms with Crippen molar-refractivity contribution in [2.75, 3.05) is 13.7 Å². The lowest BCUT2D eigenvalue weighted by atomic mass is 10.1. The number of thioether (sulfide) groups is 1. The Morgan fingerprint density at radius 3 is 2.48 bits per heavy atom. The summed E-state index contributed by atoms with van der Waals surface area (Å²) in [6.07, 6.45) is 10.8. The van der Waals surface area contributed by atoms with Gasteiger partial charge in [-0.15, -0.1) is 0 Å². The Hall–Kier alpha value is -2.06. The van der Waals surface area contributed by atoms with Gasteiger partial charge in [-0.05, 0) is 36.6 Å². The van der Waals surface area contributed by atoms with Gasteiger partial charge in [0.1, 0.15) is 10.4 Å². The summed E-state index contributed by atoms with van der Waals surface area (Å²) in [6.45, 7) is 4.83. The first kappa shape index (κ1) is 27.2. The molecule has 1 fully saturated rings. The summed E-state index contributed by atoms with van der Waals surface area (Å²) in [7, 11) is 1.58. The van der Waals surface area contributed by atoms with E-state index in [0.717, 1.165) is 36.6 Å². The lowest BCUT2D eigenvalue weighted by Crippen LogP contribution is -2.43. The van der Waals surface area contributed by atoms with Crippen LogP contribution in [0, 0.1) is 0 Å². The number of carbonyl (C=O) groups excluding carboxylic acids is 1. The van der Waals surface area contributed by atoms with E-state index in [9.17, 15) is 14.7 Å². The molecule has 1 aliphatic heterocycles. The number of aliphatic carboxylic acids is 1. The van der Waals surface area contributed by atoms with Gasteiger partial charge in [-0.2, -0.15) is 0 Å². The molecule has 2 rings (SSSR count). The van der Waals surface area contributed by atoms with Gasteiger partial charge in [0.15, 0.2) is 11.5 Å². The maximum absolute atomic E-state index is 12.9. The fourth-order valence-electron chi connectivity index (χ4n) is 3.62. The maximum Gasteiger partial charge on any atom is 0.326 e. The second kappa shape index (κ2) is 14.3. The van der Waals surface area contributed by atoms with E-state index in [-0.39, 0.29) is 10.2 Å². The molecule has 1 unspecified atom stereocenters. The number of methoxy groups -OCH3 is 1. The fourth-order valence-corrected chi connectivity index (χ4v) is 4.97. The number of unbranched alkanes of at least 4 members (excludes halogenated alkanes) is 6. The lowest BCUT2D eigenvalue weighted by molar-refractivity contribution is -0.145. The minimum atomic E-state index is -1.03. The monoisotopic (exact) mass is 493 g/mol. The van der Waals surface area contributed by atoms with Gasteiger partial charge in [-0.3, -0.25) is 9.69 Å². The van der Waals surface area contributed by atoms with E-state index < -0.39 is 12.0 Å². The molecule has 0 bridgehead atoms. The first-order valence-electron chi connectivity index (χ1n) is 11.7. The predicted molar refractivity (Wildman–Crippen MR) is 138 cm³/mol. The Bertz CT molecular complexity index is 855. The van der Waals surface area contributed by atoms with E-state index >= 15 is 0 Å². The Balaban J connectivity index is 2.05. The molecule has 1 amide bonds. The Labute approximate surface area is 206 Å². The number of benzene rings is 1. The van der Waals surface area contributed by atoms with Gasteiger partial charge in [0.25, 0.3) is 5.91 Å². The molecule has 182 valence electrons. The van der Waals surface area contributed by atoms with Crippen molar-refractivity contribution in [3.63, 3.8) is 0 Å². The van der Waals surface area contributed by atoms with Crippen LogP contribution in [0.25, 0.3) is 6.08 Å². The quantitative estimate of drug-likeness (QED) is 0.175. The van der Waals surface area contributed by atoms with Crippen molar-refractivity contribution < 1.29 is 24.2 Å². The summed E-state index contributed by atoms with van der Waals surface area (Å²) < 4.78 is 11.7. The highest BCUT2D eigenvalue weighted by Crippen LogP contribution is 2.36. The standard InChI is InChI=1S/C25H35NO5S2/c1-4-6-8-9-10-11-15-31-20-14-13-18(16-21(20)30-3)17-22-23(27)26(25(32)33-22)19(24(28)29)12-7-5-2/h13-14,16-17,19H,4-12,15H2,1-3H3,(H,28,29). The number of carbonyl (C=O) groups is 2. The second-order valence-electron chi connectivity index (χ2n) is 8.07. The van der Waals surface area contributed by atoms with Crippen LogP contribution in [0.2, 0.25) is 0 Å². The predicted octanol–water partition coefficient (Wildman–Crippen LogP) is 6.28. The van der Waals surface area contributed by atoms with Crippen LogP contribution >= 0.6 is 24.0 Å². The zero-order valence-electron chi connectivity index (χ0n) is 19.8. The minimum Gasteiger partial charge on any atom is -0.493 e. The third-order valence-electron chi connectivity index (χ3n) is 5.49. The van der Waals surface area contributed by atoms with Crippen molar-refractivity contribution in [3.8, 4) is 11.5 Å². The first-order chi connectivity index (χ1) is 15.9. The number of rotatable bonds is 15. The fraction of sp³-hybridized carbons (Fsp3) is 0.560. The molecule has 1 saturated heterocycles. The van der Waals surface area contributed by atoms with Gasteiger partial charge < -0.3 is 14.6 Å². The third kappa shape index (κ3) is 8.03. The minimum absolute atomic E-state index is 0.278. The first-order valence-corrected chi connectivity index (χ1v) is 13.0. The summed E-state index contributed by atoms with van der Waals surface area (Å²) in [6, 6.07) is 4.58. The molecule has 1 heterocycles. The van der Waals surface area contributed by atoms with Crippen LogP contribution < -0.4 is 9.47 Å². The number of hydrogen-bond acceptors (Lipinski definition) is 6. The molecule has 0 saturated carbocycles. The van der Waals surface area contributed by atoms with Crippen LogP contribution in [0.15, 0.2) is 23.1 Å². The Morgan fingerprint density at radius 1 is 1.12 bits per heavy atom. The zero-order valence-corrected chi connectivity index (χ0v) is 21.4. The number of amides is 1. The van der Waals surface area contributed by atoms with Gasteiger partial charge in [0, 0.05) is 0 Å². The molecule has 8 heteroatoms. The lowest BCUT2D eigenvalue weighted by Gasteiger charge is -2.22. The zero-order chi connectivity index (χ0) is 24.2. The molecule has 1 aromatic carbocycles. The molecular formula is C25H35NO5S2. The highest BCUT2D eigenvalue weighted by molar-refractivity contribution is 8.26. The van der Waals surface area contributed by atoms with Crippen LogP contribution in [0.1, 0.15) is 77.2 Å². The van der Waals surface area contributed by atoms with Gasteiger partial charge >= 0.3 is 5.97 Å². The number of carboxylic acid groups (broad SMARTS) is 1. The average Bonchev–Trinajstić information content (AvgIpc) is 3.06. The van der Waals surface area contributed by atoms with Crippen molar-refractivity contribution in [3.05, 3.63) is 28.7 Å². The van der Waals surface area contributed by atoms with Crippen LogP contribution in [-0.2, 0) is 9.59 Å². The Morgan fingerprint density at radius 2 is 1.82 bits per heavy atom. The summed E-state index contributed by atoms with van der Waals surface area (Å²) in [5.74, 6) is -0.136. The van der Waals surface area contributed by atoms with Crippen LogP contribution in [-0.4, -0.2) is 46.0 Å². The van der Waals surface area contributed by atoms with Gasteiger partial charge in [0.05, 0.1) is 18.6 Å². The van der Waals surface area contributed by atoms with Crippen molar-refractivity contribution in [2.45, 2.75) is 77.7 Å². The molecule has 1 atom stereocenters. The SMILES string of the molecule is CCCCCCCCOc1ccc(C=C2SC(=S)N(C(CCCC)C(=O)O)C2=O)cc1OC. The topological polar surface area (TPSA) is 76.1 Å². The highest BCUT2D eigenvalue weighted by Gasteiger charge is 2.40. The molecule has 0 radical (unpaired) electrons. The van der Waals surface area contributed by atoms with Gasteiger partial charge in [-0.1, -0.05) is 88.8 Å². The molecule has 1 aromatic rings. The summed E-state index contributed by atoms with van der Waals surface area (Å²) >= 11 is 6.47. The van der Waals surface area contributed by atoms with Crippen molar-refractivity contribution in [1.82, 2.24) is 4.90 Å². The van der Waals surface area contributed by atoms with E-state index in [0.29, 0.717) is 35.9 Å². The molecule has 0 aliphatic carbocycles. The number of hydrogen-bond donors (Lipinski definition) is 1. The number of carboxylic acids is 1. The van der Waals surface area contributed by atoms with Gasteiger partial charge in [0.2, 0.25) is 0 Å². The number of thiocarbonyl (C=S) groups is 1. The van der Waals surface area contributed by atoms with E-state index in [1.807, 2.05) is 25.1 Å². The molecule has 1 aliphatic rings. The van der Waals surface area contributed by atoms with E-state index in [1.54, 1.807) is 13.2 Å². The van der Waals surface area contributed by atoms with Crippen LogP contribution in [0.3, 0.4) is 0 Å². The molecule has 1 N–H and O–H groups in total. The highest BCUT2D eigenvalue weighted by atomic mass is 32.2. The van der Waals surface area contributed by atoms with E-state index in [4.69, 9.17) is 21.7 Å². The maximum atomic E-state index is 12.9. The third-order valence-corrected chi connectivity index (χ3v) is 6.82. The van der Waals surface area contributed by atoms with Crippen LogP contribution in [0.4, 0.5) is 0 Å². The summed E-state index contributed by atoms with van der Waals surface area (Å²) in [4.78, 5) is 26.3. The number of nitrogens with zero attached hydrogens (tertiary/aromatic N) is 1. The average molecular weight is 494 g/mol. The molecular weight excluding hydrogens is 458 g/mol. The number of ether oxygens (including phenoxy) is 2. The largest absolute Gasteiger partial charge is 0.493 e. The normalized spacial score (nSPS) is 15.8.